The lowest BCUT2D eigenvalue weighted by Crippen LogP contribution is -2.31. The number of anilines is 1. The molecule has 146 valence electrons. The normalized spacial score (nSPS) is 16.8. The van der Waals surface area contributed by atoms with E-state index in [1.165, 1.54) is 6.07 Å². The first-order chi connectivity index (χ1) is 14.1. The molecule has 0 aromatic heterocycles. The van der Waals surface area contributed by atoms with Gasteiger partial charge in [0, 0.05) is 23.4 Å². The highest BCUT2D eigenvalue weighted by Crippen LogP contribution is 2.38. The van der Waals surface area contributed by atoms with E-state index in [0.29, 0.717) is 34.9 Å². The Labute approximate surface area is 167 Å². The Balaban J connectivity index is 1.48. The van der Waals surface area contributed by atoms with E-state index in [1.807, 2.05) is 48.5 Å². The summed E-state index contributed by atoms with van der Waals surface area (Å²) in [5.74, 6) is 1.03. The third-order valence-corrected chi connectivity index (χ3v) is 5.32. The van der Waals surface area contributed by atoms with Gasteiger partial charge in [-0.2, -0.15) is 0 Å². The molecule has 29 heavy (non-hydrogen) atoms. The van der Waals surface area contributed by atoms with Gasteiger partial charge in [-0.3, -0.25) is 4.79 Å². The Morgan fingerprint density at radius 2 is 1.90 bits per heavy atom. The molecule has 1 amide bonds. The number of hydrogen-bond donors (Lipinski definition) is 1. The first-order valence-electron chi connectivity index (χ1n) is 9.41. The van der Waals surface area contributed by atoms with Gasteiger partial charge in [0.25, 0.3) is 5.91 Å². The summed E-state index contributed by atoms with van der Waals surface area (Å²) in [6.45, 7) is 2.31. The lowest BCUT2D eigenvalue weighted by atomic mass is 10.1. The molecule has 0 radical (unpaired) electrons. The van der Waals surface area contributed by atoms with Crippen LogP contribution < -0.4 is 14.8 Å². The number of fused-ring (bicyclic) bond motifs is 2. The standard InChI is InChI=1S/C23H19FN2O3/c1-14-6-8-16(11-19(14)24)25-22-17-4-2-3-5-18(17)23(27)26(22)12-15-7-9-20-21(10-15)29-13-28-20/h2-11,22,25H,12-13H2,1H3/t22-/m1/s1. The highest BCUT2D eigenvalue weighted by Gasteiger charge is 2.36. The van der Waals surface area contributed by atoms with Crippen LogP contribution in [0.25, 0.3) is 0 Å². The monoisotopic (exact) mass is 390 g/mol. The molecule has 2 heterocycles. The quantitative estimate of drug-likeness (QED) is 0.706. The number of aryl methyl sites for hydroxylation is 1. The van der Waals surface area contributed by atoms with Gasteiger partial charge in [0.15, 0.2) is 11.5 Å². The molecule has 0 fully saturated rings. The number of carbonyl (C=O) groups excluding carboxylic acids is 1. The number of halogens is 1. The number of benzene rings is 3. The Morgan fingerprint density at radius 3 is 2.76 bits per heavy atom. The molecule has 3 aromatic rings. The van der Waals surface area contributed by atoms with E-state index >= 15 is 0 Å². The molecule has 0 aliphatic carbocycles. The number of amides is 1. The minimum absolute atomic E-state index is 0.0663. The third-order valence-electron chi connectivity index (χ3n) is 5.32. The van der Waals surface area contributed by atoms with Gasteiger partial charge in [-0.25, -0.2) is 4.39 Å². The molecule has 5 rings (SSSR count). The lowest BCUT2D eigenvalue weighted by molar-refractivity contribution is 0.0728. The largest absolute Gasteiger partial charge is 0.454 e. The summed E-state index contributed by atoms with van der Waals surface area (Å²) >= 11 is 0. The van der Waals surface area contributed by atoms with Crippen LogP contribution in [-0.2, 0) is 6.54 Å². The van der Waals surface area contributed by atoms with Crippen molar-refractivity contribution < 1.29 is 18.7 Å². The minimum atomic E-state index is -0.397. The summed E-state index contributed by atoms with van der Waals surface area (Å²) in [4.78, 5) is 14.9. The molecule has 2 aliphatic rings. The fourth-order valence-electron chi connectivity index (χ4n) is 3.77. The SMILES string of the molecule is Cc1ccc(N[C@H]2c3ccccc3C(=O)N2Cc2ccc3c(c2)OCO3)cc1F. The molecule has 6 heteroatoms. The van der Waals surface area contributed by atoms with Gasteiger partial charge < -0.3 is 19.7 Å². The Kier molecular flexibility index (Phi) is 4.12. The Hall–Kier alpha value is -3.54. The highest BCUT2D eigenvalue weighted by atomic mass is 19.1. The summed E-state index contributed by atoms with van der Waals surface area (Å²) < 4.78 is 24.9. The maximum atomic E-state index is 14.1. The molecule has 1 atom stereocenters. The minimum Gasteiger partial charge on any atom is -0.454 e. The van der Waals surface area contributed by atoms with Crippen LogP contribution in [0.4, 0.5) is 10.1 Å². The van der Waals surface area contributed by atoms with Crippen molar-refractivity contribution in [3.8, 4) is 11.5 Å². The number of rotatable bonds is 4. The van der Waals surface area contributed by atoms with Crippen LogP contribution in [-0.4, -0.2) is 17.6 Å². The van der Waals surface area contributed by atoms with Crippen LogP contribution in [0.15, 0.2) is 60.7 Å². The van der Waals surface area contributed by atoms with Gasteiger partial charge in [0.05, 0.1) is 0 Å². The third kappa shape index (κ3) is 3.06. The van der Waals surface area contributed by atoms with Crippen LogP contribution in [0, 0.1) is 12.7 Å². The number of ether oxygens (including phenoxy) is 2. The van der Waals surface area contributed by atoms with Crippen molar-refractivity contribution >= 4 is 11.6 Å². The second-order valence-corrected chi connectivity index (χ2v) is 7.22. The zero-order chi connectivity index (χ0) is 20.0. The van der Waals surface area contributed by atoms with E-state index in [9.17, 15) is 9.18 Å². The zero-order valence-electron chi connectivity index (χ0n) is 15.8. The Bertz CT molecular complexity index is 1120. The van der Waals surface area contributed by atoms with Gasteiger partial charge in [-0.05, 0) is 48.4 Å². The predicted octanol–water partition coefficient (Wildman–Crippen LogP) is 4.63. The number of nitrogens with one attached hydrogen (secondary N) is 1. The van der Waals surface area contributed by atoms with E-state index in [2.05, 4.69) is 5.32 Å². The first-order valence-corrected chi connectivity index (χ1v) is 9.41. The molecule has 1 N–H and O–H groups in total. The van der Waals surface area contributed by atoms with Crippen LogP contribution >= 0.6 is 0 Å². The van der Waals surface area contributed by atoms with Crippen molar-refractivity contribution in [2.24, 2.45) is 0 Å². The van der Waals surface area contributed by atoms with Gasteiger partial charge in [0.2, 0.25) is 6.79 Å². The van der Waals surface area contributed by atoms with Crippen molar-refractivity contribution in [3.63, 3.8) is 0 Å². The maximum Gasteiger partial charge on any atom is 0.256 e. The zero-order valence-corrected chi connectivity index (χ0v) is 15.8. The summed E-state index contributed by atoms with van der Waals surface area (Å²) in [5.41, 5.74) is 3.66. The molecule has 0 bridgehead atoms. The molecule has 5 nitrogen and oxygen atoms in total. The summed E-state index contributed by atoms with van der Waals surface area (Å²) in [6, 6.07) is 18.2. The number of hydrogen-bond acceptors (Lipinski definition) is 4. The smallest absolute Gasteiger partial charge is 0.256 e. The van der Waals surface area contributed by atoms with E-state index < -0.39 is 6.17 Å². The Morgan fingerprint density at radius 1 is 1.07 bits per heavy atom. The van der Waals surface area contributed by atoms with Crippen LogP contribution in [0.3, 0.4) is 0 Å². The molecule has 2 aliphatic heterocycles. The van der Waals surface area contributed by atoms with Crippen molar-refractivity contribution in [1.82, 2.24) is 4.90 Å². The van der Waals surface area contributed by atoms with E-state index in [4.69, 9.17) is 9.47 Å². The lowest BCUT2D eigenvalue weighted by Gasteiger charge is -2.27. The van der Waals surface area contributed by atoms with Crippen molar-refractivity contribution in [3.05, 3.63) is 88.7 Å². The van der Waals surface area contributed by atoms with Crippen molar-refractivity contribution in [2.45, 2.75) is 19.6 Å². The summed E-state index contributed by atoms with van der Waals surface area (Å²) in [7, 11) is 0. The fourth-order valence-corrected chi connectivity index (χ4v) is 3.77. The van der Waals surface area contributed by atoms with Gasteiger partial charge in [-0.1, -0.05) is 30.3 Å². The van der Waals surface area contributed by atoms with Crippen LogP contribution in [0.1, 0.15) is 33.2 Å². The number of nitrogens with zero attached hydrogens (tertiary/aromatic N) is 1. The molecular weight excluding hydrogens is 371 g/mol. The molecule has 0 saturated carbocycles. The fraction of sp³-hybridized carbons (Fsp3) is 0.174. The van der Waals surface area contributed by atoms with Gasteiger partial charge in [0.1, 0.15) is 12.0 Å². The molecule has 3 aromatic carbocycles. The average molecular weight is 390 g/mol. The van der Waals surface area contributed by atoms with Gasteiger partial charge >= 0.3 is 0 Å². The van der Waals surface area contributed by atoms with Gasteiger partial charge in [-0.15, -0.1) is 0 Å². The van der Waals surface area contributed by atoms with Crippen molar-refractivity contribution in [2.75, 3.05) is 12.1 Å². The maximum absolute atomic E-state index is 14.1. The van der Waals surface area contributed by atoms with Crippen LogP contribution in [0.5, 0.6) is 11.5 Å². The average Bonchev–Trinajstić information content (AvgIpc) is 3.29. The summed E-state index contributed by atoms with van der Waals surface area (Å²) in [6.07, 6.45) is -0.397. The molecule has 0 spiro atoms. The van der Waals surface area contributed by atoms with Crippen molar-refractivity contribution in [1.29, 1.82) is 0 Å². The predicted molar refractivity (Wildman–Crippen MR) is 106 cm³/mol. The number of carbonyl (C=O) groups is 1. The topological polar surface area (TPSA) is 50.8 Å². The van der Waals surface area contributed by atoms with Crippen LogP contribution in [0.2, 0.25) is 0 Å². The van der Waals surface area contributed by atoms with E-state index in [-0.39, 0.29) is 18.5 Å². The second kappa shape index (κ2) is 6.81. The summed E-state index contributed by atoms with van der Waals surface area (Å²) in [5, 5.41) is 3.33. The molecule has 0 saturated heterocycles. The molecule has 0 unspecified atom stereocenters. The highest BCUT2D eigenvalue weighted by molar-refractivity contribution is 5.99. The van der Waals surface area contributed by atoms with E-state index in [1.54, 1.807) is 17.9 Å². The first kappa shape index (κ1) is 17.6. The molecular formula is C23H19FN2O3. The second-order valence-electron chi connectivity index (χ2n) is 7.22. The van der Waals surface area contributed by atoms with E-state index in [0.717, 1.165) is 11.1 Å².